The molecule has 0 amide bonds. The third-order valence-electron chi connectivity index (χ3n) is 2.53. The fourth-order valence-corrected chi connectivity index (χ4v) is 1.67. The summed E-state index contributed by atoms with van der Waals surface area (Å²) in [6, 6.07) is 1.50. The average Bonchev–Trinajstić information content (AvgIpc) is 2.93. The summed E-state index contributed by atoms with van der Waals surface area (Å²) in [6.07, 6.45) is 4.77. The highest BCUT2D eigenvalue weighted by Crippen LogP contribution is 2.18. The van der Waals surface area contributed by atoms with E-state index in [1.807, 2.05) is 13.2 Å². The molecule has 2 N–H and O–H groups in total. The molecule has 0 atom stereocenters. The van der Waals surface area contributed by atoms with Gasteiger partial charge in [-0.25, -0.2) is 19.7 Å². The molecule has 0 fully saturated rings. The largest absolute Gasteiger partial charge is 0.478 e. The highest BCUT2D eigenvalue weighted by atomic mass is 16.4. The summed E-state index contributed by atoms with van der Waals surface area (Å²) in [5.41, 5.74) is 1.86. The van der Waals surface area contributed by atoms with Crippen molar-refractivity contribution in [2.24, 2.45) is 7.05 Å². The van der Waals surface area contributed by atoms with Crippen LogP contribution in [0.5, 0.6) is 0 Å². The zero-order valence-electron chi connectivity index (χ0n) is 9.45. The van der Waals surface area contributed by atoms with Crippen LogP contribution in [0.4, 0.5) is 0 Å². The summed E-state index contributed by atoms with van der Waals surface area (Å²) in [5, 5.41) is 8.88. The Morgan fingerprint density at radius 2 is 2.28 bits per heavy atom. The fraction of sp³-hybridized carbons (Fsp3) is 0.0909. The Bertz CT molecular complexity index is 743. The van der Waals surface area contributed by atoms with E-state index in [9.17, 15) is 4.79 Å². The molecule has 3 heterocycles. The number of carbonyl (C=O) groups is 1. The van der Waals surface area contributed by atoms with Crippen LogP contribution in [0.1, 0.15) is 10.4 Å². The van der Waals surface area contributed by atoms with Crippen molar-refractivity contribution < 1.29 is 9.90 Å². The van der Waals surface area contributed by atoms with E-state index in [1.165, 1.54) is 12.3 Å². The normalized spacial score (nSPS) is 10.9. The molecule has 7 nitrogen and oxygen atoms in total. The molecule has 0 aliphatic heterocycles. The zero-order chi connectivity index (χ0) is 12.7. The average molecular weight is 243 g/mol. The molecular weight excluding hydrogens is 234 g/mol. The minimum Gasteiger partial charge on any atom is -0.478 e. The van der Waals surface area contributed by atoms with Gasteiger partial charge in [0.15, 0.2) is 11.5 Å². The van der Waals surface area contributed by atoms with E-state index in [4.69, 9.17) is 5.11 Å². The third kappa shape index (κ3) is 1.61. The number of aryl methyl sites for hydroxylation is 1. The van der Waals surface area contributed by atoms with E-state index < -0.39 is 5.97 Å². The Morgan fingerprint density at radius 1 is 1.44 bits per heavy atom. The molecule has 0 saturated heterocycles. The highest BCUT2D eigenvalue weighted by Gasteiger charge is 2.11. The van der Waals surface area contributed by atoms with Crippen molar-refractivity contribution in [1.82, 2.24) is 24.5 Å². The molecule has 7 heteroatoms. The first-order chi connectivity index (χ1) is 8.63. The minimum absolute atomic E-state index is 0.124. The lowest BCUT2D eigenvalue weighted by Crippen LogP contribution is -1.96. The molecule has 90 valence electrons. The number of aromatic carboxylic acids is 1. The Morgan fingerprint density at radius 3 is 2.94 bits per heavy atom. The number of carboxylic acid groups (broad SMARTS) is 1. The number of hydrogen-bond donors (Lipinski definition) is 2. The van der Waals surface area contributed by atoms with Crippen LogP contribution in [0.2, 0.25) is 0 Å². The van der Waals surface area contributed by atoms with E-state index >= 15 is 0 Å². The van der Waals surface area contributed by atoms with E-state index in [-0.39, 0.29) is 5.56 Å². The van der Waals surface area contributed by atoms with E-state index in [1.54, 1.807) is 10.9 Å². The maximum Gasteiger partial charge on any atom is 0.337 e. The van der Waals surface area contributed by atoms with Crippen molar-refractivity contribution in [3.05, 3.63) is 30.4 Å². The molecule has 3 rings (SSSR count). The van der Waals surface area contributed by atoms with Crippen LogP contribution in [0.15, 0.2) is 24.8 Å². The number of pyridine rings is 1. The van der Waals surface area contributed by atoms with Crippen molar-refractivity contribution in [2.75, 3.05) is 0 Å². The molecule has 3 aromatic rings. The van der Waals surface area contributed by atoms with Crippen molar-refractivity contribution >= 4 is 17.1 Å². The Balaban J connectivity index is 2.13. The molecule has 3 aromatic heterocycles. The van der Waals surface area contributed by atoms with E-state index in [0.29, 0.717) is 22.7 Å². The Labute approximate surface area is 101 Å². The van der Waals surface area contributed by atoms with Crippen molar-refractivity contribution in [3.8, 4) is 11.5 Å². The van der Waals surface area contributed by atoms with Crippen molar-refractivity contribution in [3.63, 3.8) is 0 Å². The van der Waals surface area contributed by atoms with Gasteiger partial charge in [-0.3, -0.25) is 0 Å². The van der Waals surface area contributed by atoms with Crippen LogP contribution in [0.3, 0.4) is 0 Å². The molecule has 0 saturated carbocycles. The second-order valence-electron chi connectivity index (χ2n) is 3.91. The predicted octanol–water partition coefficient (Wildman–Crippen LogP) is 1.06. The maximum atomic E-state index is 10.8. The number of aromatic nitrogens is 5. The van der Waals surface area contributed by atoms with Gasteiger partial charge in [-0.05, 0) is 6.07 Å². The van der Waals surface area contributed by atoms with Gasteiger partial charge >= 0.3 is 5.97 Å². The molecule has 0 aliphatic carbocycles. The van der Waals surface area contributed by atoms with Gasteiger partial charge in [-0.15, -0.1) is 0 Å². The lowest BCUT2D eigenvalue weighted by molar-refractivity contribution is 0.0696. The number of carboxylic acids is 1. The molecular formula is C11H9N5O2. The second kappa shape index (κ2) is 3.66. The standard InChI is InChI=1S/C11H9N5O2/c1-16-4-8(13-5-16)10-14-7-2-6(11(17)18)3-12-9(7)15-10/h2-5H,1H3,(H,17,18)(H,12,14,15). The highest BCUT2D eigenvalue weighted by molar-refractivity contribution is 5.91. The quantitative estimate of drug-likeness (QED) is 0.701. The van der Waals surface area contributed by atoms with Crippen LogP contribution in [0, 0.1) is 0 Å². The lowest BCUT2D eigenvalue weighted by atomic mass is 10.3. The minimum atomic E-state index is -1.02. The van der Waals surface area contributed by atoms with Crippen LogP contribution in [-0.4, -0.2) is 35.6 Å². The topological polar surface area (TPSA) is 96.7 Å². The number of hydrogen-bond acceptors (Lipinski definition) is 4. The van der Waals surface area contributed by atoms with E-state index in [0.717, 1.165) is 0 Å². The molecule has 0 aliphatic rings. The molecule has 0 bridgehead atoms. The molecule has 0 aromatic carbocycles. The number of fused-ring (bicyclic) bond motifs is 1. The number of nitrogens with one attached hydrogen (secondary N) is 1. The first-order valence-corrected chi connectivity index (χ1v) is 5.21. The van der Waals surface area contributed by atoms with Gasteiger partial charge in [-0.1, -0.05) is 0 Å². The molecule has 18 heavy (non-hydrogen) atoms. The summed E-state index contributed by atoms with van der Waals surface area (Å²) < 4.78 is 1.80. The summed E-state index contributed by atoms with van der Waals surface area (Å²) in [5.74, 6) is -0.445. The number of nitrogens with zero attached hydrogens (tertiary/aromatic N) is 4. The van der Waals surface area contributed by atoms with Crippen molar-refractivity contribution in [1.29, 1.82) is 0 Å². The van der Waals surface area contributed by atoms with Gasteiger partial charge in [0, 0.05) is 19.4 Å². The summed E-state index contributed by atoms with van der Waals surface area (Å²) >= 11 is 0. The van der Waals surface area contributed by atoms with E-state index in [2.05, 4.69) is 19.9 Å². The maximum absolute atomic E-state index is 10.8. The summed E-state index contributed by atoms with van der Waals surface area (Å²) in [4.78, 5) is 26.3. The number of H-pyrrole nitrogens is 1. The zero-order valence-corrected chi connectivity index (χ0v) is 9.45. The van der Waals surface area contributed by atoms with Gasteiger partial charge in [0.1, 0.15) is 5.69 Å². The summed E-state index contributed by atoms with van der Waals surface area (Å²) in [6.45, 7) is 0. The number of aromatic amines is 1. The Kier molecular flexibility index (Phi) is 2.12. The third-order valence-corrected chi connectivity index (χ3v) is 2.53. The van der Waals surface area contributed by atoms with Crippen molar-refractivity contribution in [2.45, 2.75) is 0 Å². The van der Waals surface area contributed by atoms with Gasteiger partial charge in [0.2, 0.25) is 0 Å². The van der Waals surface area contributed by atoms with Crippen LogP contribution >= 0.6 is 0 Å². The second-order valence-corrected chi connectivity index (χ2v) is 3.91. The monoisotopic (exact) mass is 243 g/mol. The van der Waals surface area contributed by atoms with Gasteiger partial charge in [-0.2, -0.15) is 0 Å². The predicted molar refractivity (Wildman–Crippen MR) is 63.1 cm³/mol. The van der Waals surface area contributed by atoms with Crippen LogP contribution in [0.25, 0.3) is 22.7 Å². The lowest BCUT2D eigenvalue weighted by Gasteiger charge is -1.91. The van der Waals surface area contributed by atoms with Crippen LogP contribution in [-0.2, 0) is 7.05 Å². The van der Waals surface area contributed by atoms with Gasteiger partial charge in [0.05, 0.1) is 17.4 Å². The van der Waals surface area contributed by atoms with Crippen LogP contribution < -0.4 is 0 Å². The smallest absolute Gasteiger partial charge is 0.337 e. The Hall–Kier alpha value is -2.70. The number of rotatable bonds is 2. The summed E-state index contributed by atoms with van der Waals surface area (Å²) in [7, 11) is 1.86. The SMILES string of the molecule is Cn1cnc(-c2nc3ncc(C(=O)O)cc3[nH]2)c1. The fourth-order valence-electron chi connectivity index (χ4n) is 1.67. The first kappa shape index (κ1) is 10.5. The number of imidazole rings is 2. The molecule has 0 radical (unpaired) electrons. The first-order valence-electron chi connectivity index (χ1n) is 5.21. The molecule has 0 spiro atoms. The molecule has 0 unspecified atom stereocenters. The van der Waals surface area contributed by atoms with Gasteiger partial charge in [0.25, 0.3) is 0 Å². The van der Waals surface area contributed by atoms with Gasteiger partial charge < -0.3 is 14.7 Å².